The summed E-state index contributed by atoms with van der Waals surface area (Å²) < 4.78 is 0. The second-order valence-electron chi connectivity index (χ2n) is 5.11. The van der Waals surface area contributed by atoms with Crippen LogP contribution in [0.4, 0.5) is 0 Å². The monoisotopic (exact) mass is 294 g/mol. The molecule has 5 heteroatoms. The zero-order valence-corrected chi connectivity index (χ0v) is 13.4. The summed E-state index contributed by atoms with van der Waals surface area (Å²) in [7, 11) is 0. The van der Waals surface area contributed by atoms with Crippen molar-refractivity contribution in [2.45, 2.75) is 39.3 Å². The molecule has 0 aromatic carbocycles. The largest absolute Gasteiger partial charge is 0.357 e. The lowest BCUT2D eigenvalue weighted by atomic mass is 10.3. The first-order valence-corrected chi connectivity index (χ1v) is 8.55. The van der Waals surface area contributed by atoms with Gasteiger partial charge >= 0.3 is 0 Å². The number of likely N-dealkylation sites (N-methyl/N-ethyl adjacent to an activating group) is 1. The molecule has 1 aromatic heterocycles. The fraction of sp³-hybridized carbons (Fsp3) is 0.667. The van der Waals surface area contributed by atoms with E-state index in [1.54, 1.807) is 11.3 Å². The van der Waals surface area contributed by atoms with Crippen molar-refractivity contribution in [3.05, 3.63) is 22.4 Å². The van der Waals surface area contributed by atoms with Gasteiger partial charge < -0.3 is 10.6 Å². The van der Waals surface area contributed by atoms with Crippen LogP contribution in [-0.2, 0) is 6.54 Å². The Kier molecular flexibility index (Phi) is 6.33. The van der Waals surface area contributed by atoms with Gasteiger partial charge in [-0.15, -0.1) is 0 Å². The summed E-state index contributed by atoms with van der Waals surface area (Å²) in [6.07, 6.45) is 2.75. The lowest BCUT2D eigenvalue weighted by Gasteiger charge is -2.20. The number of guanidine groups is 1. The summed E-state index contributed by atoms with van der Waals surface area (Å²) in [5, 5.41) is 11.0. The van der Waals surface area contributed by atoms with Gasteiger partial charge in [0.25, 0.3) is 0 Å². The van der Waals surface area contributed by atoms with Gasteiger partial charge in [-0.2, -0.15) is 11.3 Å². The molecule has 0 aliphatic heterocycles. The molecule has 0 atom stereocenters. The van der Waals surface area contributed by atoms with Crippen LogP contribution >= 0.6 is 11.3 Å². The standard InChI is InChI=1S/C15H26N4S/c1-3-16-15(18-11-13-7-10-20-12-13)17-8-9-19(4-2)14-5-6-14/h7,10,12,14H,3-6,8-9,11H2,1-2H3,(H2,16,17,18). The number of aliphatic imine (C=N–C) groups is 1. The highest BCUT2D eigenvalue weighted by Gasteiger charge is 2.27. The van der Waals surface area contributed by atoms with E-state index in [0.717, 1.165) is 44.7 Å². The normalized spacial score (nSPS) is 15.7. The van der Waals surface area contributed by atoms with E-state index < -0.39 is 0 Å². The first-order chi connectivity index (χ1) is 9.83. The van der Waals surface area contributed by atoms with Gasteiger partial charge in [-0.1, -0.05) is 6.92 Å². The molecular formula is C15H26N4S. The zero-order valence-electron chi connectivity index (χ0n) is 12.6. The molecule has 1 fully saturated rings. The number of nitrogens with zero attached hydrogens (tertiary/aromatic N) is 2. The number of hydrogen-bond donors (Lipinski definition) is 2. The molecular weight excluding hydrogens is 268 g/mol. The van der Waals surface area contributed by atoms with Gasteiger partial charge in [0, 0.05) is 25.7 Å². The summed E-state index contributed by atoms with van der Waals surface area (Å²) in [4.78, 5) is 7.17. The highest BCUT2D eigenvalue weighted by Crippen LogP contribution is 2.25. The Balaban J connectivity index is 1.74. The van der Waals surface area contributed by atoms with Gasteiger partial charge in [0.15, 0.2) is 5.96 Å². The number of nitrogens with one attached hydrogen (secondary N) is 2. The predicted molar refractivity (Wildman–Crippen MR) is 87.4 cm³/mol. The molecule has 1 aromatic rings. The van der Waals surface area contributed by atoms with Crippen molar-refractivity contribution in [3.63, 3.8) is 0 Å². The fourth-order valence-electron chi connectivity index (χ4n) is 2.25. The third-order valence-electron chi connectivity index (χ3n) is 3.50. The summed E-state index contributed by atoms with van der Waals surface area (Å²) in [6, 6.07) is 2.97. The maximum atomic E-state index is 4.62. The van der Waals surface area contributed by atoms with Crippen molar-refractivity contribution < 1.29 is 0 Å². The quantitative estimate of drug-likeness (QED) is 0.571. The zero-order chi connectivity index (χ0) is 14.2. The molecule has 2 rings (SSSR count). The molecule has 112 valence electrons. The average Bonchev–Trinajstić information content (AvgIpc) is 3.16. The van der Waals surface area contributed by atoms with Crippen LogP contribution in [0.3, 0.4) is 0 Å². The van der Waals surface area contributed by atoms with Crippen molar-refractivity contribution in [1.29, 1.82) is 0 Å². The van der Waals surface area contributed by atoms with E-state index in [0.29, 0.717) is 0 Å². The summed E-state index contributed by atoms with van der Waals surface area (Å²) >= 11 is 1.72. The average molecular weight is 294 g/mol. The van der Waals surface area contributed by atoms with E-state index >= 15 is 0 Å². The molecule has 0 bridgehead atoms. The highest BCUT2D eigenvalue weighted by atomic mass is 32.1. The van der Waals surface area contributed by atoms with Gasteiger partial charge in [-0.05, 0) is 48.7 Å². The van der Waals surface area contributed by atoms with Gasteiger partial charge in [0.05, 0.1) is 6.54 Å². The first kappa shape index (κ1) is 15.3. The second-order valence-corrected chi connectivity index (χ2v) is 5.89. The maximum absolute atomic E-state index is 4.62. The number of hydrogen-bond acceptors (Lipinski definition) is 3. The summed E-state index contributed by atoms with van der Waals surface area (Å²) in [5.41, 5.74) is 1.28. The molecule has 0 amide bonds. The Hall–Kier alpha value is -1.07. The molecule has 0 saturated heterocycles. The first-order valence-electron chi connectivity index (χ1n) is 7.60. The van der Waals surface area contributed by atoms with Crippen LogP contribution < -0.4 is 10.6 Å². The molecule has 2 N–H and O–H groups in total. The van der Waals surface area contributed by atoms with E-state index in [9.17, 15) is 0 Å². The fourth-order valence-corrected chi connectivity index (χ4v) is 2.91. The number of thiophene rings is 1. The van der Waals surface area contributed by atoms with Crippen LogP contribution in [0.15, 0.2) is 21.8 Å². The third-order valence-corrected chi connectivity index (χ3v) is 4.24. The minimum atomic E-state index is 0.749. The molecule has 4 nitrogen and oxygen atoms in total. The van der Waals surface area contributed by atoms with Crippen molar-refractivity contribution >= 4 is 17.3 Å². The van der Waals surface area contributed by atoms with Crippen LogP contribution in [0.25, 0.3) is 0 Å². The van der Waals surface area contributed by atoms with Crippen molar-refractivity contribution in [2.75, 3.05) is 26.2 Å². The molecule has 1 heterocycles. The van der Waals surface area contributed by atoms with E-state index in [1.165, 1.54) is 18.4 Å². The molecule has 20 heavy (non-hydrogen) atoms. The van der Waals surface area contributed by atoms with Crippen LogP contribution in [0, 0.1) is 0 Å². The summed E-state index contributed by atoms with van der Waals surface area (Å²) in [6.45, 7) is 9.20. The van der Waals surface area contributed by atoms with Gasteiger partial charge in [0.2, 0.25) is 0 Å². The SMILES string of the molecule is CCNC(=NCc1ccsc1)NCCN(CC)C1CC1. The van der Waals surface area contributed by atoms with E-state index in [4.69, 9.17) is 0 Å². The highest BCUT2D eigenvalue weighted by molar-refractivity contribution is 7.07. The Labute approximate surface area is 126 Å². The molecule has 1 saturated carbocycles. The van der Waals surface area contributed by atoms with Crippen molar-refractivity contribution in [3.8, 4) is 0 Å². The van der Waals surface area contributed by atoms with Gasteiger partial charge in [-0.3, -0.25) is 4.90 Å². The van der Waals surface area contributed by atoms with Crippen LogP contribution in [0.2, 0.25) is 0 Å². The van der Waals surface area contributed by atoms with Gasteiger partial charge in [0.1, 0.15) is 0 Å². The van der Waals surface area contributed by atoms with Crippen LogP contribution in [0.1, 0.15) is 32.3 Å². The number of rotatable bonds is 8. The van der Waals surface area contributed by atoms with Crippen molar-refractivity contribution in [2.24, 2.45) is 4.99 Å². The van der Waals surface area contributed by atoms with Crippen molar-refractivity contribution in [1.82, 2.24) is 15.5 Å². The lowest BCUT2D eigenvalue weighted by molar-refractivity contribution is 0.282. The molecule has 1 aliphatic carbocycles. The Morgan fingerprint density at radius 1 is 1.40 bits per heavy atom. The lowest BCUT2D eigenvalue weighted by Crippen LogP contribution is -2.42. The minimum Gasteiger partial charge on any atom is -0.357 e. The maximum Gasteiger partial charge on any atom is 0.191 e. The smallest absolute Gasteiger partial charge is 0.191 e. The Morgan fingerprint density at radius 2 is 2.25 bits per heavy atom. The van der Waals surface area contributed by atoms with E-state index in [2.05, 4.69) is 51.2 Å². The molecule has 0 spiro atoms. The molecule has 0 unspecified atom stereocenters. The van der Waals surface area contributed by atoms with Crippen LogP contribution in [0.5, 0.6) is 0 Å². The van der Waals surface area contributed by atoms with E-state index in [-0.39, 0.29) is 0 Å². The summed E-state index contributed by atoms with van der Waals surface area (Å²) in [5.74, 6) is 0.922. The van der Waals surface area contributed by atoms with Crippen LogP contribution in [-0.4, -0.2) is 43.1 Å². The third kappa shape index (κ3) is 5.13. The van der Waals surface area contributed by atoms with Gasteiger partial charge in [-0.25, -0.2) is 4.99 Å². The van der Waals surface area contributed by atoms with E-state index in [1.807, 2.05) is 0 Å². The topological polar surface area (TPSA) is 39.7 Å². The Bertz CT molecular complexity index is 398. The predicted octanol–water partition coefficient (Wildman–Crippen LogP) is 2.29. The molecule has 1 aliphatic rings. The minimum absolute atomic E-state index is 0.749. The Morgan fingerprint density at radius 3 is 2.85 bits per heavy atom. The molecule has 0 radical (unpaired) electrons. The second kappa shape index (κ2) is 8.27.